The number of imidazole rings is 1. The first kappa shape index (κ1) is 27.6. The van der Waals surface area contributed by atoms with Gasteiger partial charge in [-0.15, -0.1) is 5.10 Å². The largest absolute Gasteiger partial charge is 0.480 e. The van der Waals surface area contributed by atoms with Gasteiger partial charge in [0.25, 0.3) is 10.0 Å². The number of aromatic nitrogens is 7. The number of nitrogens with zero attached hydrogens (tertiary/aromatic N) is 8. The molecule has 1 fully saturated rings. The number of hydrogen-bond donors (Lipinski definition) is 1. The first-order chi connectivity index (χ1) is 20.3. The van der Waals surface area contributed by atoms with Gasteiger partial charge < -0.3 is 9.47 Å². The average Bonchev–Trinajstić information content (AvgIpc) is 3.63. The van der Waals surface area contributed by atoms with Gasteiger partial charge in [0.1, 0.15) is 33.6 Å². The lowest BCUT2D eigenvalue weighted by Gasteiger charge is -2.26. The zero-order valence-electron chi connectivity index (χ0n) is 22.3. The molecule has 218 valence electrons. The van der Waals surface area contributed by atoms with E-state index in [9.17, 15) is 17.2 Å². The Morgan fingerprint density at radius 1 is 1.02 bits per heavy atom. The molecule has 1 saturated heterocycles. The van der Waals surface area contributed by atoms with E-state index in [1.54, 1.807) is 27.5 Å². The van der Waals surface area contributed by atoms with Crippen LogP contribution in [0.3, 0.4) is 0 Å². The van der Waals surface area contributed by atoms with Crippen LogP contribution in [-0.4, -0.2) is 87.9 Å². The van der Waals surface area contributed by atoms with E-state index in [1.807, 2.05) is 6.20 Å². The molecule has 1 aromatic carbocycles. The second-order valence-electron chi connectivity index (χ2n) is 9.41. The number of hydrogen-bond acceptors (Lipinski definition) is 10. The molecule has 0 atom stereocenters. The van der Waals surface area contributed by atoms with Crippen LogP contribution in [0.1, 0.15) is 0 Å². The van der Waals surface area contributed by atoms with E-state index >= 15 is 0 Å². The van der Waals surface area contributed by atoms with Gasteiger partial charge in [-0.3, -0.25) is 14.3 Å². The van der Waals surface area contributed by atoms with Gasteiger partial charge in [0.2, 0.25) is 5.88 Å². The molecule has 1 aliphatic heterocycles. The predicted molar refractivity (Wildman–Crippen MR) is 146 cm³/mol. The molecule has 1 N–H and O–H groups in total. The van der Waals surface area contributed by atoms with Crippen LogP contribution in [0.25, 0.3) is 28.3 Å². The highest BCUT2D eigenvalue weighted by molar-refractivity contribution is 7.92. The summed E-state index contributed by atoms with van der Waals surface area (Å²) in [5.74, 6) is -2.19. The molecule has 5 heterocycles. The van der Waals surface area contributed by atoms with Crippen LogP contribution in [0.15, 0.2) is 59.9 Å². The van der Waals surface area contributed by atoms with Crippen molar-refractivity contribution in [1.82, 2.24) is 39.5 Å². The average molecular weight is 598 g/mol. The molecule has 0 unspecified atom stereocenters. The van der Waals surface area contributed by atoms with Crippen LogP contribution in [-0.2, 0) is 21.3 Å². The molecule has 0 bridgehead atoms. The van der Waals surface area contributed by atoms with Crippen LogP contribution in [0.5, 0.6) is 5.88 Å². The van der Waals surface area contributed by atoms with E-state index in [4.69, 9.17) is 9.47 Å². The van der Waals surface area contributed by atoms with Crippen molar-refractivity contribution in [2.24, 2.45) is 0 Å². The number of morpholine rings is 1. The maximum atomic E-state index is 14.3. The van der Waals surface area contributed by atoms with Crippen molar-refractivity contribution in [3.63, 3.8) is 0 Å². The Morgan fingerprint density at radius 3 is 2.64 bits per heavy atom. The number of rotatable bonds is 9. The first-order valence-corrected chi connectivity index (χ1v) is 14.4. The summed E-state index contributed by atoms with van der Waals surface area (Å²) in [4.78, 5) is 10.2. The zero-order valence-corrected chi connectivity index (χ0v) is 23.1. The predicted octanol–water partition coefficient (Wildman–Crippen LogP) is 2.47. The van der Waals surface area contributed by atoms with Gasteiger partial charge in [-0.1, -0.05) is 5.21 Å². The Kier molecular flexibility index (Phi) is 7.49. The molecule has 0 amide bonds. The Labute approximate surface area is 238 Å². The molecule has 0 saturated carbocycles. The van der Waals surface area contributed by atoms with Crippen LogP contribution >= 0.6 is 0 Å². The highest BCUT2D eigenvalue weighted by Crippen LogP contribution is 2.30. The minimum atomic E-state index is -4.44. The fourth-order valence-corrected chi connectivity index (χ4v) is 5.63. The van der Waals surface area contributed by atoms with Gasteiger partial charge in [-0.05, 0) is 30.3 Å². The normalized spacial score (nSPS) is 14.4. The zero-order chi connectivity index (χ0) is 29.3. The molecule has 1 aliphatic rings. The number of halogens is 2. The molecular weight excluding hydrogens is 572 g/mol. The Hall–Kier alpha value is -4.54. The summed E-state index contributed by atoms with van der Waals surface area (Å²) in [7, 11) is -3.13. The third-order valence-corrected chi connectivity index (χ3v) is 8.08. The molecule has 0 spiro atoms. The van der Waals surface area contributed by atoms with Gasteiger partial charge in [-0.25, -0.2) is 31.7 Å². The van der Waals surface area contributed by atoms with E-state index in [0.717, 1.165) is 45.0 Å². The number of nitrogens with one attached hydrogen (secondary N) is 1. The SMILES string of the molecule is COc1ncc(-c2ccc3ncc(-c4cn(CCN5CCOCC5)nn4)n3n2)cc1NS(=O)(=O)c1ccc(F)cc1F. The summed E-state index contributed by atoms with van der Waals surface area (Å²) in [6.07, 6.45) is 4.93. The van der Waals surface area contributed by atoms with Crippen LogP contribution in [0.2, 0.25) is 0 Å². The maximum absolute atomic E-state index is 14.3. The van der Waals surface area contributed by atoms with Crippen molar-refractivity contribution in [1.29, 1.82) is 0 Å². The Bertz CT molecular complexity index is 1860. The third kappa shape index (κ3) is 5.63. The monoisotopic (exact) mass is 597 g/mol. The molecule has 0 radical (unpaired) electrons. The Morgan fingerprint density at radius 2 is 1.86 bits per heavy atom. The standard InChI is InChI=1S/C26H25F2N9O4S/c1-40-26-21(33-42(38,39)24-4-2-18(27)13-19(24)28)12-17(14-30-26)20-3-5-25-29-15-23(37(25)32-20)22-16-36(34-31-22)7-6-35-8-10-41-11-9-35/h2-5,12-16,33H,6-11H2,1H3. The Balaban J connectivity index is 1.28. The molecule has 5 aromatic rings. The fraction of sp³-hybridized carbons (Fsp3) is 0.269. The third-order valence-electron chi connectivity index (χ3n) is 6.68. The van der Waals surface area contributed by atoms with Crippen molar-refractivity contribution in [2.75, 3.05) is 44.7 Å². The molecule has 6 rings (SSSR count). The topological polar surface area (TPSA) is 142 Å². The quantitative estimate of drug-likeness (QED) is 0.269. The van der Waals surface area contributed by atoms with Gasteiger partial charge in [0, 0.05) is 37.5 Å². The van der Waals surface area contributed by atoms with Gasteiger partial charge in [0.05, 0.1) is 45.0 Å². The van der Waals surface area contributed by atoms with Crippen molar-refractivity contribution in [3.8, 4) is 28.5 Å². The smallest absolute Gasteiger partial charge is 0.264 e. The van der Waals surface area contributed by atoms with Crippen molar-refractivity contribution in [2.45, 2.75) is 11.4 Å². The number of fused-ring (bicyclic) bond motifs is 1. The van der Waals surface area contributed by atoms with Gasteiger partial charge in [-0.2, -0.15) is 5.10 Å². The van der Waals surface area contributed by atoms with E-state index in [2.05, 4.69) is 35.0 Å². The summed E-state index contributed by atoms with van der Waals surface area (Å²) < 4.78 is 69.7. The summed E-state index contributed by atoms with van der Waals surface area (Å²) >= 11 is 0. The number of methoxy groups -OCH3 is 1. The molecular formula is C26H25F2N9O4S. The summed E-state index contributed by atoms with van der Waals surface area (Å²) in [5.41, 5.74) is 2.56. The fourth-order valence-electron chi connectivity index (χ4n) is 4.52. The number of pyridine rings is 1. The van der Waals surface area contributed by atoms with Crippen LogP contribution in [0, 0.1) is 11.6 Å². The van der Waals surface area contributed by atoms with Crippen LogP contribution in [0.4, 0.5) is 14.5 Å². The lowest BCUT2D eigenvalue weighted by atomic mass is 10.2. The minimum Gasteiger partial charge on any atom is -0.480 e. The number of ether oxygens (including phenoxy) is 2. The van der Waals surface area contributed by atoms with Crippen molar-refractivity contribution >= 4 is 21.4 Å². The van der Waals surface area contributed by atoms with Gasteiger partial charge in [0.15, 0.2) is 5.65 Å². The minimum absolute atomic E-state index is 0.0528. The number of benzene rings is 1. The van der Waals surface area contributed by atoms with Gasteiger partial charge >= 0.3 is 0 Å². The maximum Gasteiger partial charge on any atom is 0.264 e. The molecule has 0 aliphatic carbocycles. The van der Waals surface area contributed by atoms with E-state index in [0.29, 0.717) is 40.9 Å². The molecule has 42 heavy (non-hydrogen) atoms. The second kappa shape index (κ2) is 11.4. The lowest BCUT2D eigenvalue weighted by molar-refractivity contribution is 0.0359. The summed E-state index contributed by atoms with van der Waals surface area (Å²) in [6.45, 7) is 4.71. The highest BCUT2D eigenvalue weighted by atomic mass is 32.2. The van der Waals surface area contributed by atoms with E-state index < -0.39 is 26.6 Å². The van der Waals surface area contributed by atoms with Crippen LogP contribution < -0.4 is 9.46 Å². The summed E-state index contributed by atoms with van der Waals surface area (Å²) in [6, 6.07) is 7.09. The highest BCUT2D eigenvalue weighted by Gasteiger charge is 2.23. The van der Waals surface area contributed by atoms with E-state index in [-0.39, 0.29) is 11.6 Å². The number of sulfonamides is 1. The molecule has 4 aromatic heterocycles. The summed E-state index contributed by atoms with van der Waals surface area (Å²) in [5, 5.41) is 13.2. The van der Waals surface area contributed by atoms with E-state index in [1.165, 1.54) is 19.4 Å². The first-order valence-electron chi connectivity index (χ1n) is 12.9. The molecule has 16 heteroatoms. The second-order valence-corrected chi connectivity index (χ2v) is 11.1. The number of anilines is 1. The van der Waals surface area contributed by atoms with Crippen molar-refractivity contribution < 1.29 is 26.7 Å². The molecule has 13 nitrogen and oxygen atoms in total. The van der Waals surface area contributed by atoms with Crippen molar-refractivity contribution in [3.05, 3.63) is 66.6 Å². The lowest BCUT2D eigenvalue weighted by Crippen LogP contribution is -2.38.